The van der Waals surface area contributed by atoms with E-state index in [1.54, 1.807) is 0 Å². The fourth-order valence-corrected chi connectivity index (χ4v) is 3.77. The Morgan fingerprint density at radius 2 is 1.91 bits per heavy atom. The van der Waals surface area contributed by atoms with Crippen LogP contribution in [0, 0.1) is 11.6 Å². The molecule has 5 heteroatoms. The number of nitrogens with two attached hydrogens (primary N) is 1. The number of piperidine rings is 1. The van der Waals surface area contributed by atoms with Crippen LogP contribution in [0.1, 0.15) is 50.0 Å². The lowest BCUT2D eigenvalue weighted by atomic mass is 9.82. The molecule has 0 radical (unpaired) electrons. The third-order valence-corrected chi connectivity index (χ3v) is 5.22. The van der Waals surface area contributed by atoms with E-state index in [0.29, 0.717) is 12.2 Å². The molecule has 1 aromatic carbocycles. The van der Waals surface area contributed by atoms with Gasteiger partial charge in [0.05, 0.1) is 12.7 Å². The zero-order valence-corrected chi connectivity index (χ0v) is 13.4. The molecule has 3 rings (SSSR count). The summed E-state index contributed by atoms with van der Waals surface area (Å²) in [6.07, 6.45) is 5.85. The first kappa shape index (κ1) is 16.8. The molecule has 1 aliphatic heterocycles. The normalized spacial score (nSPS) is 32.0. The summed E-state index contributed by atoms with van der Waals surface area (Å²) in [4.78, 5) is 0. The second-order valence-corrected chi connectivity index (χ2v) is 6.84. The molecule has 1 saturated heterocycles. The topological polar surface area (TPSA) is 47.3 Å². The van der Waals surface area contributed by atoms with Crippen molar-refractivity contribution in [2.75, 3.05) is 13.2 Å². The van der Waals surface area contributed by atoms with Crippen LogP contribution in [0.5, 0.6) is 0 Å². The summed E-state index contributed by atoms with van der Waals surface area (Å²) in [7, 11) is 0. The fourth-order valence-electron chi connectivity index (χ4n) is 3.77. The zero-order valence-electron chi connectivity index (χ0n) is 13.4. The summed E-state index contributed by atoms with van der Waals surface area (Å²) in [5.41, 5.74) is 6.62. The summed E-state index contributed by atoms with van der Waals surface area (Å²) in [6.45, 7) is 1.65. The van der Waals surface area contributed by atoms with E-state index in [0.717, 1.165) is 45.1 Å². The zero-order chi connectivity index (χ0) is 16.2. The summed E-state index contributed by atoms with van der Waals surface area (Å²) >= 11 is 0. The van der Waals surface area contributed by atoms with Crippen molar-refractivity contribution < 1.29 is 13.5 Å². The second kappa shape index (κ2) is 7.69. The molecule has 3 N–H and O–H groups in total. The van der Waals surface area contributed by atoms with Crippen LogP contribution in [0.2, 0.25) is 0 Å². The molecule has 1 heterocycles. The Morgan fingerprint density at radius 3 is 2.65 bits per heavy atom. The molecule has 1 saturated carbocycles. The largest absolute Gasteiger partial charge is 0.377 e. The summed E-state index contributed by atoms with van der Waals surface area (Å²) in [5.74, 6) is -0.564. The number of benzene rings is 1. The Labute approximate surface area is 136 Å². The van der Waals surface area contributed by atoms with E-state index in [4.69, 9.17) is 10.5 Å². The summed E-state index contributed by atoms with van der Waals surface area (Å²) in [5, 5.41) is 3.42. The third-order valence-electron chi connectivity index (χ3n) is 5.22. The van der Waals surface area contributed by atoms with E-state index < -0.39 is 0 Å². The van der Waals surface area contributed by atoms with Crippen molar-refractivity contribution in [1.29, 1.82) is 0 Å². The Hall–Kier alpha value is -1.04. The molecule has 128 valence electrons. The molecule has 0 amide bonds. The van der Waals surface area contributed by atoms with Crippen molar-refractivity contribution in [2.45, 2.75) is 62.6 Å². The first-order valence-corrected chi connectivity index (χ1v) is 8.69. The van der Waals surface area contributed by atoms with Gasteiger partial charge in [-0.2, -0.15) is 0 Å². The molecular formula is C18H26F2N2O. The van der Waals surface area contributed by atoms with Gasteiger partial charge in [-0.05, 0) is 74.8 Å². The molecule has 1 aliphatic carbocycles. The molecule has 0 spiro atoms. The summed E-state index contributed by atoms with van der Waals surface area (Å²) in [6, 6.07) is 4.15. The van der Waals surface area contributed by atoms with E-state index in [1.165, 1.54) is 18.2 Å². The smallest absolute Gasteiger partial charge is 0.126 e. The molecule has 2 aliphatic rings. The van der Waals surface area contributed by atoms with Gasteiger partial charge in [-0.1, -0.05) is 0 Å². The van der Waals surface area contributed by atoms with Gasteiger partial charge in [-0.25, -0.2) is 8.78 Å². The number of hydrogen-bond acceptors (Lipinski definition) is 3. The molecular weight excluding hydrogens is 298 g/mol. The predicted molar refractivity (Wildman–Crippen MR) is 86.3 cm³/mol. The van der Waals surface area contributed by atoms with Gasteiger partial charge in [0, 0.05) is 12.1 Å². The molecule has 0 bridgehead atoms. The quantitative estimate of drug-likeness (QED) is 0.895. The number of ether oxygens (including phenoxy) is 1. The Morgan fingerprint density at radius 1 is 1.13 bits per heavy atom. The molecule has 1 aromatic rings. The van der Waals surface area contributed by atoms with Gasteiger partial charge in [0.1, 0.15) is 11.6 Å². The van der Waals surface area contributed by atoms with Gasteiger partial charge >= 0.3 is 0 Å². The first-order chi connectivity index (χ1) is 11.1. The van der Waals surface area contributed by atoms with Crippen molar-refractivity contribution in [2.24, 2.45) is 5.73 Å². The monoisotopic (exact) mass is 324 g/mol. The average Bonchev–Trinajstić information content (AvgIpc) is 2.57. The van der Waals surface area contributed by atoms with Crippen LogP contribution >= 0.6 is 0 Å². The third kappa shape index (κ3) is 4.28. The molecule has 0 aromatic heterocycles. The van der Waals surface area contributed by atoms with Crippen LogP contribution in [0.25, 0.3) is 0 Å². The highest BCUT2D eigenvalue weighted by Gasteiger charge is 2.27. The lowest BCUT2D eigenvalue weighted by Crippen LogP contribution is -2.52. The highest BCUT2D eigenvalue weighted by molar-refractivity contribution is 5.23. The highest BCUT2D eigenvalue weighted by Crippen LogP contribution is 2.35. The maximum Gasteiger partial charge on any atom is 0.126 e. The van der Waals surface area contributed by atoms with E-state index in [9.17, 15) is 8.78 Å². The predicted octanol–water partition coefficient (Wildman–Crippen LogP) is 3.09. The van der Waals surface area contributed by atoms with Gasteiger partial charge in [-0.15, -0.1) is 0 Å². The molecule has 23 heavy (non-hydrogen) atoms. The van der Waals surface area contributed by atoms with Gasteiger partial charge in [0.15, 0.2) is 0 Å². The molecule has 2 atom stereocenters. The van der Waals surface area contributed by atoms with Gasteiger partial charge < -0.3 is 15.8 Å². The van der Waals surface area contributed by atoms with Crippen LogP contribution in [0.4, 0.5) is 8.78 Å². The van der Waals surface area contributed by atoms with Crippen LogP contribution in [-0.4, -0.2) is 31.3 Å². The van der Waals surface area contributed by atoms with E-state index in [-0.39, 0.29) is 35.7 Å². The van der Waals surface area contributed by atoms with Crippen LogP contribution < -0.4 is 11.1 Å². The summed E-state index contributed by atoms with van der Waals surface area (Å²) < 4.78 is 33.2. The number of rotatable bonds is 4. The van der Waals surface area contributed by atoms with Crippen molar-refractivity contribution in [1.82, 2.24) is 5.32 Å². The highest BCUT2D eigenvalue weighted by atomic mass is 19.1. The minimum atomic E-state index is -0.364. The minimum Gasteiger partial charge on any atom is -0.377 e. The van der Waals surface area contributed by atoms with Crippen LogP contribution in [0.3, 0.4) is 0 Å². The van der Waals surface area contributed by atoms with E-state index >= 15 is 0 Å². The van der Waals surface area contributed by atoms with E-state index in [1.807, 2.05) is 0 Å². The number of halogens is 2. The van der Waals surface area contributed by atoms with Gasteiger partial charge in [-0.3, -0.25) is 0 Å². The number of hydrogen-bond donors (Lipinski definition) is 2. The van der Waals surface area contributed by atoms with Crippen LogP contribution in [0.15, 0.2) is 18.2 Å². The van der Waals surface area contributed by atoms with Crippen LogP contribution in [-0.2, 0) is 4.74 Å². The lowest BCUT2D eigenvalue weighted by molar-refractivity contribution is 0.00601. The minimum absolute atomic E-state index is 0.0978. The Balaban J connectivity index is 1.47. The standard InChI is InChI=1S/C18H26F2N2O/c19-13-5-8-16(20)15(10-13)12-3-6-14(7-4-12)23-11-18-17(21)2-1-9-22-18/h5,8,10,12,14,17-18,22H,1-4,6-7,9,11,21H2. The fraction of sp³-hybridized carbons (Fsp3) is 0.667. The van der Waals surface area contributed by atoms with Gasteiger partial charge in [0.2, 0.25) is 0 Å². The van der Waals surface area contributed by atoms with Crippen molar-refractivity contribution >= 4 is 0 Å². The Bertz CT molecular complexity index is 518. The molecule has 2 fully saturated rings. The Kier molecular flexibility index (Phi) is 5.62. The number of nitrogens with one attached hydrogen (secondary N) is 1. The average molecular weight is 324 g/mol. The maximum atomic E-state index is 13.9. The lowest BCUT2D eigenvalue weighted by Gasteiger charge is -2.33. The van der Waals surface area contributed by atoms with Crippen molar-refractivity contribution in [3.8, 4) is 0 Å². The second-order valence-electron chi connectivity index (χ2n) is 6.84. The maximum absolute atomic E-state index is 13.9. The molecule has 3 nitrogen and oxygen atoms in total. The molecule has 2 unspecified atom stereocenters. The van der Waals surface area contributed by atoms with E-state index in [2.05, 4.69) is 5.32 Å². The van der Waals surface area contributed by atoms with Crippen molar-refractivity contribution in [3.63, 3.8) is 0 Å². The SMILES string of the molecule is NC1CCCNC1COC1CCC(c2cc(F)ccc2F)CC1. The first-order valence-electron chi connectivity index (χ1n) is 8.69. The van der Waals surface area contributed by atoms with Gasteiger partial charge in [0.25, 0.3) is 0 Å². The van der Waals surface area contributed by atoms with Crippen molar-refractivity contribution in [3.05, 3.63) is 35.4 Å².